The van der Waals surface area contributed by atoms with Gasteiger partial charge in [0.15, 0.2) is 17.4 Å². The van der Waals surface area contributed by atoms with Crippen molar-refractivity contribution >= 4 is 15.9 Å². The van der Waals surface area contributed by atoms with Crippen molar-refractivity contribution in [2.75, 3.05) is 13.7 Å². The molecular weight excluding hydrogens is 280 g/mol. The normalized spacial score (nSPS) is 20.1. The predicted molar refractivity (Wildman–Crippen MR) is 60.6 cm³/mol. The number of nitrogens with one attached hydrogen (secondary N) is 1. The van der Waals surface area contributed by atoms with E-state index in [1.54, 1.807) is 0 Å². The summed E-state index contributed by atoms with van der Waals surface area (Å²) in [5.41, 5.74) is 0.461. The van der Waals surface area contributed by atoms with E-state index in [2.05, 4.69) is 21.2 Å². The first kappa shape index (κ1) is 11.8. The number of hydrogen-bond donors (Lipinski definition) is 1. The van der Waals surface area contributed by atoms with E-state index in [4.69, 9.17) is 4.74 Å². The topological polar surface area (TPSA) is 21.3 Å². The minimum absolute atomic E-state index is 0.0502. The average molecular weight is 292 g/mol. The largest absolute Gasteiger partial charge is 0.491 e. The van der Waals surface area contributed by atoms with Crippen LogP contribution in [-0.4, -0.2) is 13.7 Å². The Balaban J connectivity index is 2.49. The van der Waals surface area contributed by atoms with Gasteiger partial charge in [-0.1, -0.05) is 0 Å². The number of methoxy groups -OCH3 is 1. The van der Waals surface area contributed by atoms with Crippen LogP contribution < -0.4 is 10.1 Å². The summed E-state index contributed by atoms with van der Waals surface area (Å²) in [5, 5.41) is 3.17. The van der Waals surface area contributed by atoms with Gasteiger partial charge in [0, 0.05) is 11.6 Å². The van der Waals surface area contributed by atoms with Crippen LogP contribution in [0.5, 0.6) is 5.75 Å². The molecule has 0 spiro atoms. The molecular formula is C11H12BrF2NO. The van der Waals surface area contributed by atoms with Gasteiger partial charge in [-0.15, -0.1) is 0 Å². The van der Waals surface area contributed by atoms with E-state index in [0.29, 0.717) is 5.56 Å². The zero-order valence-corrected chi connectivity index (χ0v) is 10.4. The van der Waals surface area contributed by atoms with Gasteiger partial charge in [-0.3, -0.25) is 0 Å². The minimum Gasteiger partial charge on any atom is -0.491 e. The van der Waals surface area contributed by atoms with Gasteiger partial charge in [0.05, 0.1) is 11.6 Å². The molecule has 1 aromatic carbocycles. The summed E-state index contributed by atoms with van der Waals surface area (Å²) >= 11 is 3.07. The molecule has 0 aliphatic carbocycles. The van der Waals surface area contributed by atoms with Crippen molar-refractivity contribution in [1.29, 1.82) is 0 Å². The quantitative estimate of drug-likeness (QED) is 0.845. The molecule has 0 radical (unpaired) electrons. The standard InChI is InChI=1S/C11H12BrF2NO/c1-16-11-9(13)6(5-7(12)10(11)14)8-3-2-4-15-8/h5,8,15H,2-4H2,1H3. The van der Waals surface area contributed by atoms with E-state index in [9.17, 15) is 8.78 Å². The molecule has 16 heavy (non-hydrogen) atoms. The number of halogens is 3. The Hall–Kier alpha value is -0.680. The first-order valence-electron chi connectivity index (χ1n) is 5.10. The molecule has 0 bridgehead atoms. The fourth-order valence-corrected chi connectivity index (χ4v) is 2.41. The Bertz CT molecular complexity index is 405. The fraction of sp³-hybridized carbons (Fsp3) is 0.455. The Morgan fingerprint density at radius 1 is 1.44 bits per heavy atom. The number of benzene rings is 1. The van der Waals surface area contributed by atoms with E-state index in [1.165, 1.54) is 13.2 Å². The molecule has 88 valence electrons. The highest BCUT2D eigenvalue weighted by atomic mass is 79.9. The van der Waals surface area contributed by atoms with Crippen LogP contribution >= 0.6 is 15.9 Å². The van der Waals surface area contributed by atoms with E-state index in [0.717, 1.165) is 19.4 Å². The average Bonchev–Trinajstić information content (AvgIpc) is 2.77. The minimum atomic E-state index is -0.693. The number of hydrogen-bond acceptors (Lipinski definition) is 2. The summed E-state index contributed by atoms with van der Waals surface area (Å²) in [7, 11) is 1.26. The molecule has 1 saturated heterocycles. The van der Waals surface area contributed by atoms with Gasteiger partial charge in [-0.2, -0.15) is 0 Å². The maximum absolute atomic E-state index is 13.9. The predicted octanol–water partition coefficient (Wildman–Crippen LogP) is 3.16. The van der Waals surface area contributed by atoms with E-state index in [1.807, 2.05) is 0 Å². The molecule has 2 nitrogen and oxygen atoms in total. The summed E-state index contributed by atoms with van der Waals surface area (Å²) < 4.78 is 32.4. The zero-order chi connectivity index (χ0) is 11.7. The summed E-state index contributed by atoms with van der Waals surface area (Å²) in [6.07, 6.45) is 1.86. The molecule has 0 aromatic heterocycles. The smallest absolute Gasteiger partial charge is 0.191 e. The molecule has 2 rings (SSSR count). The van der Waals surface area contributed by atoms with Gasteiger partial charge in [0.25, 0.3) is 0 Å². The van der Waals surface area contributed by atoms with Crippen molar-refractivity contribution in [2.24, 2.45) is 0 Å². The van der Waals surface area contributed by atoms with Crippen LogP contribution in [0, 0.1) is 11.6 Å². The lowest BCUT2D eigenvalue weighted by Gasteiger charge is -2.15. The van der Waals surface area contributed by atoms with Crippen LogP contribution in [0.2, 0.25) is 0 Å². The highest BCUT2D eigenvalue weighted by Gasteiger charge is 2.25. The third-order valence-electron chi connectivity index (χ3n) is 2.78. The highest BCUT2D eigenvalue weighted by Crippen LogP contribution is 2.35. The summed E-state index contributed by atoms with van der Waals surface area (Å²) in [4.78, 5) is 0. The number of ether oxygens (including phenoxy) is 1. The summed E-state index contributed by atoms with van der Waals surface area (Å²) in [5.74, 6) is -1.62. The Morgan fingerprint density at radius 2 is 2.19 bits per heavy atom. The first-order chi connectivity index (χ1) is 7.65. The van der Waals surface area contributed by atoms with E-state index >= 15 is 0 Å². The monoisotopic (exact) mass is 291 g/mol. The van der Waals surface area contributed by atoms with Crippen LogP contribution in [0.15, 0.2) is 10.5 Å². The van der Waals surface area contributed by atoms with E-state index < -0.39 is 11.6 Å². The molecule has 1 heterocycles. The molecule has 0 amide bonds. The van der Waals surface area contributed by atoms with Gasteiger partial charge >= 0.3 is 0 Å². The molecule has 1 fully saturated rings. The van der Waals surface area contributed by atoms with Crippen LogP contribution in [0.25, 0.3) is 0 Å². The molecule has 0 saturated carbocycles. The van der Waals surface area contributed by atoms with Gasteiger partial charge in [-0.05, 0) is 41.4 Å². The molecule has 1 aromatic rings. The molecule has 5 heteroatoms. The lowest BCUT2D eigenvalue weighted by Crippen LogP contribution is -2.15. The van der Waals surface area contributed by atoms with Crippen molar-refractivity contribution in [2.45, 2.75) is 18.9 Å². The lowest BCUT2D eigenvalue weighted by molar-refractivity contribution is 0.354. The van der Waals surface area contributed by atoms with Crippen molar-refractivity contribution in [3.8, 4) is 5.75 Å². The molecule has 1 aliphatic rings. The molecule has 1 unspecified atom stereocenters. The maximum atomic E-state index is 13.9. The lowest BCUT2D eigenvalue weighted by atomic mass is 10.0. The SMILES string of the molecule is COc1c(F)c(Br)cc(C2CCCN2)c1F. The van der Waals surface area contributed by atoms with Crippen molar-refractivity contribution in [3.05, 3.63) is 27.7 Å². The van der Waals surface area contributed by atoms with Crippen molar-refractivity contribution < 1.29 is 13.5 Å². The highest BCUT2D eigenvalue weighted by molar-refractivity contribution is 9.10. The Morgan fingerprint density at radius 3 is 2.75 bits per heavy atom. The molecule has 1 atom stereocenters. The third-order valence-corrected chi connectivity index (χ3v) is 3.36. The second-order valence-electron chi connectivity index (χ2n) is 3.76. The fourth-order valence-electron chi connectivity index (χ4n) is 1.98. The van der Waals surface area contributed by atoms with E-state index in [-0.39, 0.29) is 16.3 Å². The summed E-state index contributed by atoms with van der Waals surface area (Å²) in [6, 6.07) is 1.43. The van der Waals surface area contributed by atoms with Crippen LogP contribution in [0.4, 0.5) is 8.78 Å². The summed E-state index contributed by atoms with van der Waals surface area (Å²) in [6.45, 7) is 0.863. The second kappa shape index (κ2) is 4.67. The van der Waals surface area contributed by atoms with Crippen molar-refractivity contribution in [1.82, 2.24) is 5.32 Å². The Kier molecular flexibility index (Phi) is 3.44. The van der Waals surface area contributed by atoms with Crippen LogP contribution in [-0.2, 0) is 0 Å². The van der Waals surface area contributed by atoms with Crippen LogP contribution in [0.3, 0.4) is 0 Å². The van der Waals surface area contributed by atoms with Gasteiger partial charge in [0.2, 0.25) is 0 Å². The maximum Gasteiger partial charge on any atom is 0.191 e. The van der Waals surface area contributed by atoms with Gasteiger partial charge < -0.3 is 10.1 Å². The Labute approximate surface area is 101 Å². The molecule has 1 N–H and O–H groups in total. The second-order valence-corrected chi connectivity index (χ2v) is 4.61. The van der Waals surface area contributed by atoms with Gasteiger partial charge in [0.1, 0.15) is 0 Å². The zero-order valence-electron chi connectivity index (χ0n) is 8.82. The van der Waals surface area contributed by atoms with Crippen molar-refractivity contribution in [3.63, 3.8) is 0 Å². The number of rotatable bonds is 2. The first-order valence-corrected chi connectivity index (χ1v) is 5.89. The molecule has 1 aliphatic heterocycles. The third kappa shape index (κ3) is 1.94. The van der Waals surface area contributed by atoms with Gasteiger partial charge in [-0.25, -0.2) is 8.78 Å². The van der Waals surface area contributed by atoms with Crippen LogP contribution in [0.1, 0.15) is 24.4 Å².